The largest absolute Gasteiger partial charge is 0.378 e. The van der Waals surface area contributed by atoms with Gasteiger partial charge in [-0.2, -0.15) is 0 Å². The number of nitrogens with zero attached hydrogens (tertiary/aromatic N) is 3. The zero-order valence-corrected chi connectivity index (χ0v) is 17.8. The molecule has 31 heavy (non-hydrogen) atoms. The van der Waals surface area contributed by atoms with E-state index in [1.165, 1.54) is 17.8 Å². The molecule has 1 aliphatic rings. The summed E-state index contributed by atoms with van der Waals surface area (Å²) in [5, 5.41) is 6.86. The summed E-state index contributed by atoms with van der Waals surface area (Å²) < 4.78 is 5.44. The van der Waals surface area contributed by atoms with Crippen LogP contribution in [-0.4, -0.2) is 42.2 Å². The lowest BCUT2D eigenvalue weighted by Gasteiger charge is -2.29. The van der Waals surface area contributed by atoms with E-state index in [0.717, 1.165) is 47.6 Å². The predicted molar refractivity (Wildman–Crippen MR) is 124 cm³/mol. The van der Waals surface area contributed by atoms with Crippen LogP contribution >= 0.6 is 11.8 Å². The van der Waals surface area contributed by atoms with Gasteiger partial charge in [0.15, 0.2) is 0 Å². The number of carbonyl (C=O) groups excluding carboxylic acids is 1. The van der Waals surface area contributed by atoms with Crippen molar-refractivity contribution in [3.8, 4) is 0 Å². The molecule has 2 aromatic carbocycles. The van der Waals surface area contributed by atoms with Crippen molar-refractivity contribution in [2.75, 3.05) is 41.8 Å². The molecular formula is C23H23N5O2S. The number of morpholine rings is 1. The number of aromatic nitrogens is 2. The monoisotopic (exact) mass is 433 g/mol. The van der Waals surface area contributed by atoms with Crippen molar-refractivity contribution < 1.29 is 9.53 Å². The second-order valence-corrected chi connectivity index (χ2v) is 7.91. The number of amides is 1. The number of anilines is 4. The molecule has 3 aromatic rings. The van der Waals surface area contributed by atoms with Gasteiger partial charge >= 0.3 is 0 Å². The fourth-order valence-electron chi connectivity index (χ4n) is 3.14. The fourth-order valence-corrected chi connectivity index (χ4v) is 3.98. The van der Waals surface area contributed by atoms with Crippen LogP contribution in [-0.2, 0) is 9.53 Å². The summed E-state index contributed by atoms with van der Waals surface area (Å²) in [4.78, 5) is 23.7. The Hall–Kier alpha value is -3.36. The van der Waals surface area contributed by atoms with E-state index in [2.05, 4.69) is 44.2 Å². The summed E-state index contributed by atoms with van der Waals surface area (Å²) in [6.07, 6.45) is 2.98. The number of carbonyl (C=O) groups is 1. The molecule has 1 aromatic heterocycles. The van der Waals surface area contributed by atoms with Crippen LogP contribution in [0, 0.1) is 0 Å². The van der Waals surface area contributed by atoms with Gasteiger partial charge in [-0.15, -0.1) is 0 Å². The van der Waals surface area contributed by atoms with Crippen LogP contribution in [0.2, 0.25) is 0 Å². The van der Waals surface area contributed by atoms with E-state index in [9.17, 15) is 4.79 Å². The Labute approximate surface area is 185 Å². The maximum absolute atomic E-state index is 11.5. The van der Waals surface area contributed by atoms with Gasteiger partial charge in [0.1, 0.15) is 5.03 Å². The maximum Gasteiger partial charge on any atom is 0.247 e. The standard InChI is InChI=1S/C23H23N5O2S/c1-2-21(29)25-18-6-4-8-20(16-18)31-22-9-10-24-23(27-22)26-17-5-3-7-19(15-17)28-11-13-30-14-12-28/h2-10,15-16H,1,11-14H2,(H,25,29)(H,24,26,27). The Kier molecular flexibility index (Phi) is 6.81. The summed E-state index contributed by atoms with van der Waals surface area (Å²) in [7, 11) is 0. The highest BCUT2D eigenvalue weighted by Crippen LogP contribution is 2.29. The van der Waals surface area contributed by atoms with Crippen molar-refractivity contribution >= 4 is 40.7 Å². The van der Waals surface area contributed by atoms with Gasteiger partial charge < -0.3 is 20.3 Å². The van der Waals surface area contributed by atoms with Gasteiger partial charge in [-0.1, -0.05) is 30.5 Å². The summed E-state index contributed by atoms with van der Waals surface area (Å²) in [5.74, 6) is 0.287. The molecule has 0 bridgehead atoms. The van der Waals surface area contributed by atoms with E-state index >= 15 is 0 Å². The van der Waals surface area contributed by atoms with Gasteiger partial charge in [0.2, 0.25) is 11.9 Å². The van der Waals surface area contributed by atoms with E-state index < -0.39 is 0 Å². The lowest BCUT2D eigenvalue weighted by Crippen LogP contribution is -2.36. The quantitative estimate of drug-likeness (QED) is 0.424. The van der Waals surface area contributed by atoms with E-state index in [1.54, 1.807) is 6.20 Å². The molecular weight excluding hydrogens is 410 g/mol. The molecule has 0 saturated carbocycles. The summed E-state index contributed by atoms with van der Waals surface area (Å²) >= 11 is 1.50. The highest BCUT2D eigenvalue weighted by Gasteiger charge is 2.12. The molecule has 7 nitrogen and oxygen atoms in total. The topological polar surface area (TPSA) is 79.4 Å². The van der Waals surface area contributed by atoms with Crippen molar-refractivity contribution in [2.45, 2.75) is 9.92 Å². The molecule has 1 saturated heterocycles. The molecule has 0 spiro atoms. The Bertz CT molecular complexity index is 1070. The van der Waals surface area contributed by atoms with Crippen molar-refractivity contribution in [2.24, 2.45) is 0 Å². The maximum atomic E-state index is 11.5. The smallest absolute Gasteiger partial charge is 0.247 e. The van der Waals surface area contributed by atoms with Crippen LogP contribution in [0.15, 0.2) is 83.4 Å². The second kappa shape index (κ2) is 10.1. The minimum Gasteiger partial charge on any atom is -0.378 e. The van der Waals surface area contributed by atoms with Gasteiger partial charge in [0.25, 0.3) is 0 Å². The third-order valence-corrected chi connectivity index (χ3v) is 5.54. The van der Waals surface area contributed by atoms with Gasteiger partial charge in [-0.25, -0.2) is 9.97 Å². The van der Waals surface area contributed by atoms with Crippen LogP contribution in [0.3, 0.4) is 0 Å². The SMILES string of the molecule is C=CC(=O)Nc1cccc(Sc2ccnc(Nc3cccc(N4CCOCC4)c3)n2)c1. The number of hydrogen-bond acceptors (Lipinski definition) is 7. The number of hydrogen-bond donors (Lipinski definition) is 2. The van der Waals surface area contributed by atoms with Crippen molar-refractivity contribution in [3.05, 3.63) is 73.4 Å². The minimum atomic E-state index is -0.241. The molecule has 2 heterocycles. The fraction of sp³-hybridized carbons (Fsp3) is 0.174. The summed E-state index contributed by atoms with van der Waals surface area (Å²) in [6.45, 7) is 6.75. The zero-order valence-electron chi connectivity index (χ0n) is 17.0. The van der Waals surface area contributed by atoms with Crippen molar-refractivity contribution in [1.82, 2.24) is 9.97 Å². The van der Waals surface area contributed by atoms with Crippen molar-refractivity contribution in [3.63, 3.8) is 0 Å². The first-order valence-electron chi connectivity index (χ1n) is 9.94. The minimum absolute atomic E-state index is 0.241. The highest BCUT2D eigenvalue weighted by molar-refractivity contribution is 7.99. The van der Waals surface area contributed by atoms with Gasteiger partial charge in [-0.05, 0) is 48.5 Å². The van der Waals surface area contributed by atoms with Crippen LogP contribution in [0.1, 0.15) is 0 Å². The lowest BCUT2D eigenvalue weighted by atomic mass is 10.2. The molecule has 4 rings (SSSR count). The molecule has 8 heteroatoms. The molecule has 0 radical (unpaired) electrons. The molecule has 0 atom stereocenters. The Balaban J connectivity index is 1.45. The van der Waals surface area contributed by atoms with Crippen LogP contribution in [0.5, 0.6) is 0 Å². The number of nitrogens with one attached hydrogen (secondary N) is 2. The first-order chi connectivity index (χ1) is 15.2. The molecule has 1 aliphatic heterocycles. The number of ether oxygens (including phenoxy) is 1. The van der Waals surface area contributed by atoms with Gasteiger partial charge in [-0.3, -0.25) is 4.79 Å². The first kappa shape index (κ1) is 20.9. The second-order valence-electron chi connectivity index (χ2n) is 6.82. The van der Waals surface area contributed by atoms with Crippen LogP contribution < -0.4 is 15.5 Å². The Morgan fingerprint density at radius 3 is 2.74 bits per heavy atom. The molecule has 1 amide bonds. The average Bonchev–Trinajstić information content (AvgIpc) is 2.80. The van der Waals surface area contributed by atoms with E-state index in [4.69, 9.17) is 4.74 Å². The zero-order chi connectivity index (χ0) is 21.5. The van der Waals surface area contributed by atoms with E-state index in [0.29, 0.717) is 11.6 Å². The lowest BCUT2D eigenvalue weighted by molar-refractivity contribution is -0.111. The predicted octanol–water partition coefficient (Wildman–Crippen LogP) is 4.33. The average molecular weight is 434 g/mol. The number of benzene rings is 2. The van der Waals surface area contributed by atoms with Gasteiger partial charge in [0, 0.05) is 41.2 Å². The molecule has 0 unspecified atom stereocenters. The van der Waals surface area contributed by atoms with Crippen LogP contribution in [0.25, 0.3) is 0 Å². The Morgan fingerprint density at radius 1 is 1.10 bits per heavy atom. The van der Waals surface area contributed by atoms with E-state index in [1.807, 2.05) is 42.5 Å². The normalized spacial score (nSPS) is 13.5. The molecule has 158 valence electrons. The van der Waals surface area contributed by atoms with Gasteiger partial charge in [0.05, 0.1) is 13.2 Å². The Morgan fingerprint density at radius 2 is 1.90 bits per heavy atom. The number of rotatable bonds is 7. The molecule has 1 fully saturated rings. The summed E-state index contributed by atoms with van der Waals surface area (Å²) in [5.41, 5.74) is 2.79. The van der Waals surface area contributed by atoms with Crippen molar-refractivity contribution in [1.29, 1.82) is 0 Å². The van der Waals surface area contributed by atoms with Crippen LogP contribution in [0.4, 0.5) is 23.0 Å². The highest BCUT2D eigenvalue weighted by atomic mass is 32.2. The molecule has 2 N–H and O–H groups in total. The third-order valence-electron chi connectivity index (χ3n) is 4.62. The molecule has 0 aliphatic carbocycles. The first-order valence-corrected chi connectivity index (χ1v) is 10.8. The van der Waals surface area contributed by atoms with E-state index in [-0.39, 0.29) is 5.91 Å². The third kappa shape index (κ3) is 5.84. The summed E-state index contributed by atoms with van der Waals surface area (Å²) in [6, 6.07) is 17.7.